The molecule has 2 fully saturated rings. The molecule has 2 aliphatic rings. The molecule has 0 atom stereocenters. The van der Waals surface area contributed by atoms with Crippen LogP contribution in [0.5, 0.6) is 0 Å². The summed E-state index contributed by atoms with van der Waals surface area (Å²) in [4.78, 5) is 14.2. The van der Waals surface area contributed by atoms with Crippen LogP contribution < -0.4 is 16.8 Å². The third-order valence-electron chi connectivity index (χ3n) is 4.39. The van der Waals surface area contributed by atoms with Gasteiger partial charge in [0.25, 0.3) is 0 Å². The zero-order valence-corrected chi connectivity index (χ0v) is 11.6. The molecule has 5 heteroatoms. The summed E-state index contributed by atoms with van der Waals surface area (Å²) in [5, 5.41) is 3.19. The Kier molecular flexibility index (Phi) is 3.30. The lowest BCUT2D eigenvalue weighted by Crippen LogP contribution is -2.49. The lowest BCUT2D eigenvalue weighted by molar-refractivity contribution is 0.176. The molecule has 0 bridgehead atoms. The molecule has 1 heterocycles. The zero-order chi connectivity index (χ0) is 14.2. The number of rotatable bonds is 2. The number of hydrogen-bond donors (Lipinski definition) is 3. The number of carbonyl (C=O) groups excluding carboxylic acids is 1. The van der Waals surface area contributed by atoms with E-state index in [-0.39, 0.29) is 17.6 Å². The average molecular weight is 274 g/mol. The number of amides is 2. The van der Waals surface area contributed by atoms with Crippen molar-refractivity contribution in [2.45, 2.75) is 37.3 Å². The van der Waals surface area contributed by atoms with Gasteiger partial charge in [0.15, 0.2) is 0 Å². The molecule has 1 aromatic rings. The number of nitrogen functional groups attached to an aromatic ring is 1. The maximum absolute atomic E-state index is 12.3. The maximum atomic E-state index is 12.3. The van der Waals surface area contributed by atoms with E-state index >= 15 is 0 Å². The topological polar surface area (TPSA) is 84.4 Å². The quantitative estimate of drug-likeness (QED) is 0.712. The number of piperidine rings is 1. The van der Waals surface area contributed by atoms with Crippen LogP contribution in [-0.2, 0) is 5.54 Å². The van der Waals surface area contributed by atoms with Gasteiger partial charge in [-0.05, 0) is 43.4 Å². The highest BCUT2D eigenvalue weighted by Gasteiger charge is 2.46. The first-order valence-electron chi connectivity index (χ1n) is 7.28. The maximum Gasteiger partial charge on any atom is 0.318 e. The van der Waals surface area contributed by atoms with Crippen molar-refractivity contribution in [3.63, 3.8) is 0 Å². The Balaban J connectivity index is 1.65. The van der Waals surface area contributed by atoms with Gasteiger partial charge in [-0.1, -0.05) is 12.1 Å². The molecule has 1 saturated heterocycles. The fraction of sp³-hybridized carbons (Fsp3) is 0.533. The normalized spacial score (nSPS) is 21.6. The van der Waals surface area contributed by atoms with E-state index < -0.39 is 0 Å². The third-order valence-corrected chi connectivity index (χ3v) is 4.39. The van der Waals surface area contributed by atoms with Crippen LogP contribution >= 0.6 is 0 Å². The molecule has 2 amide bonds. The SMILES string of the molecule is Nc1ccc(C2(NC(=O)N3CCC(N)CC3)CC2)cc1. The van der Waals surface area contributed by atoms with Gasteiger partial charge in [0.1, 0.15) is 0 Å². The fourth-order valence-electron chi connectivity index (χ4n) is 2.80. The minimum absolute atomic E-state index is 0.0335. The molecule has 0 spiro atoms. The summed E-state index contributed by atoms with van der Waals surface area (Å²) in [5.41, 5.74) is 13.3. The fourth-order valence-corrected chi connectivity index (χ4v) is 2.80. The van der Waals surface area contributed by atoms with E-state index in [1.807, 2.05) is 29.2 Å². The predicted octanol–water partition coefficient (Wildman–Crippen LogP) is 1.39. The Morgan fingerprint density at radius 3 is 2.35 bits per heavy atom. The van der Waals surface area contributed by atoms with Gasteiger partial charge in [-0.3, -0.25) is 0 Å². The van der Waals surface area contributed by atoms with E-state index in [4.69, 9.17) is 11.5 Å². The Labute approximate surface area is 119 Å². The highest BCUT2D eigenvalue weighted by molar-refractivity contribution is 5.76. The predicted molar refractivity (Wildman–Crippen MR) is 79.1 cm³/mol. The van der Waals surface area contributed by atoms with E-state index in [1.54, 1.807) is 0 Å². The molecular formula is C15H22N4O. The van der Waals surface area contributed by atoms with Crippen LogP contribution in [0.4, 0.5) is 10.5 Å². The molecule has 1 aliphatic carbocycles. The molecule has 0 aromatic heterocycles. The summed E-state index contributed by atoms with van der Waals surface area (Å²) in [7, 11) is 0. The number of carbonyl (C=O) groups is 1. The second kappa shape index (κ2) is 4.98. The summed E-state index contributed by atoms with van der Waals surface area (Å²) in [6.45, 7) is 1.51. The van der Waals surface area contributed by atoms with E-state index in [2.05, 4.69) is 5.32 Å². The van der Waals surface area contributed by atoms with E-state index in [0.29, 0.717) is 0 Å². The zero-order valence-electron chi connectivity index (χ0n) is 11.6. The molecule has 108 valence electrons. The molecule has 0 unspecified atom stereocenters. The smallest absolute Gasteiger partial charge is 0.318 e. The van der Waals surface area contributed by atoms with Crippen LogP contribution in [0.15, 0.2) is 24.3 Å². The van der Waals surface area contributed by atoms with Crippen LogP contribution in [-0.4, -0.2) is 30.1 Å². The summed E-state index contributed by atoms with van der Waals surface area (Å²) in [6.07, 6.45) is 3.77. The molecular weight excluding hydrogens is 252 g/mol. The molecule has 0 radical (unpaired) electrons. The Hall–Kier alpha value is -1.75. The van der Waals surface area contributed by atoms with Crippen molar-refractivity contribution in [2.24, 2.45) is 5.73 Å². The Morgan fingerprint density at radius 2 is 1.80 bits per heavy atom. The summed E-state index contributed by atoms with van der Waals surface area (Å²) in [6, 6.07) is 8.07. The second-order valence-corrected chi connectivity index (χ2v) is 5.96. The van der Waals surface area contributed by atoms with Gasteiger partial charge in [-0.15, -0.1) is 0 Å². The lowest BCUT2D eigenvalue weighted by atomic mass is 10.0. The van der Waals surface area contributed by atoms with Gasteiger partial charge >= 0.3 is 6.03 Å². The highest BCUT2D eigenvalue weighted by Crippen LogP contribution is 2.45. The first kappa shape index (κ1) is 13.2. The highest BCUT2D eigenvalue weighted by atomic mass is 16.2. The van der Waals surface area contributed by atoms with Gasteiger partial charge < -0.3 is 21.7 Å². The van der Waals surface area contributed by atoms with Crippen LogP contribution in [0.3, 0.4) is 0 Å². The summed E-state index contributed by atoms with van der Waals surface area (Å²) < 4.78 is 0. The number of nitrogens with two attached hydrogens (primary N) is 2. The van der Waals surface area contributed by atoms with Gasteiger partial charge in [0.05, 0.1) is 5.54 Å². The second-order valence-electron chi connectivity index (χ2n) is 5.96. The number of nitrogens with one attached hydrogen (secondary N) is 1. The first-order chi connectivity index (χ1) is 9.59. The first-order valence-corrected chi connectivity index (χ1v) is 7.28. The van der Waals surface area contributed by atoms with E-state index in [9.17, 15) is 4.79 Å². The van der Waals surface area contributed by atoms with Gasteiger partial charge in [0.2, 0.25) is 0 Å². The van der Waals surface area contributed by atoms with E-state index in [1.165, 1.54) is 0 Å². The van der Waals surface area contributed by atoms with Gasteiger partial charge in [-0.25, -0.2) is 4.79 Å². The number of hydrogen-bond acceptors (Lipinski definition) is 3. The van der Waals surface area contributed by atoms with Crippen molar-refractivity contribution in [1.82, 2.24) is 10.2 Å². The van der Waals surface area contributed by atoms with Gasteiger partial charge in [0, 0.05) is 24.8 Å². The molecule has 3 rings (SSSR count). The minimum atomic E-state index is -0.176. The average Bonchev–Trinajstić information content (AvgIpc) is 3.21. The van der Waals surface area contributed by atoms with E-state index in [0.717, 1.165) is 50.0 Å². The van der Waals surface area contributed by atoms with Crippen LogP contribution in [0, 0.1) is 0 Å². The number of anilines is 1. The Bertz CT molecular complexity index is 487. The van der Waals surface area contributed by atoms with Crippen molar-refractivity contribution in [3.05, 3.63) is 29.8 Å². The van der Waals surface area contributed by atoms with Gasteiger partial charge in [-0.2, -0.15) is 0 Å². The van der Waals surface area contributed by atoms with Crippen molar-refractivity contribution < 1.29 is 4.79 Å². The monoisotopic (exact) mass is 274 g/mol. The third kappa shape index (κ3) is 2.58. The Morgan fingerprint density at radius 1 is 1.20 bits per heavy atom. The lowest BCUT2D eigenvalue weighted by Gasteiger charge is -2.32. The number of likely N-dealkylation sites (tertiary alicyclic amines) is 1. The van der Waals surface area contributed by atoms with Crippen molar-refractivity contribution >= 4 is 11.7 Å². The molecule has 5 N–H and O–H groups in total. The van der Waals surface area contributed by atoms with Crippen molar-refractivity contribution in [1.29, 1.82) is 0 Å². The van der Waals surface area contributed by atoms with Crippen molar-refractivity contribution in [2.75, 3.05) is 18.8 Å². The molecule has 1 aromatic carbocycles. The van der Waals surface area contributed by atoms with Crippen LogP contribution in [0.1, 0.15) is 31.2 Å². The molecule has 1 saturated carbocycles. The summed E-state index contributed by atoms with van der Waals surface area (Å²) >= 11 is 0. The minimum Gasteiger partial charge on any atom is -0.399 e. The van der Waals surface area contributed by atoms with Crippen molar-refractivity contribution in [3.8, 4) is 0 Å². The standard InChI is InChI=1S/C15H22N4O/c16-12-3-1-11(2-4-12)15(7-8-15)18-14(20)19-9-5-13(17)6-10-19/h1-4,13H,5-10,16-17H2,(H,18,20). The molecule has 20 heavy (non-hydrogen) atoms. The number of nitrogens with zero attached hydrogens (tertiary/aromatic N) is 1. The van der Waals surface area contributed by atoms with Crippen LogP contribution in [0.2, 0.25) is 0 Å². The molecule has 5 nitrogen and oxygen atoms in total. The summed E-state index contributed by atoms with van der Waals surface area (Å²) in [5.74, 6) is 0. The number of benzene rings is 1. The van der Waals surface area contributed by atoms with Crippen LogP contribution in [0.25, 0.3) is 0 Å². The number of urea groups is 1. The largest absolute Gasteiger partial charge is 0.399 e. The molecule has 1 aliphatic heterocycles.